The fourth-order valence-corrected chi connectivity index (χ4v) is 3.50. The molecule has 0 bridgehead atoms. The molecule has 1 nitrogen and oxygen atoms in total. The summed E-state index contributed by atoms with van der Waals surface area (Å²) in [6.07, 6.45) is 2.85. The highest BCUT2D eigenvalue weighted by Crippen LogP contribution is 2.36. The second-order valence-corrected chi connectivity index (χ2v) is 4.81. The minimum Gasteiger partial charge on any atom is -0.243 e. The Kier molecular flexibility index (Phi) is 2.58. The summed E-state index contributed by atoms with van der Waals surface area (Å²) in [5, 5.41) is 3.68. The zero-order valence-electron chi connectivity index (χ0n) is 6.97. The lowest BCUT2D eigenvalue weighted by Crippen LogP contribution is -1.84. The zero-order chi connectivity index (χ0) is 9.42. The molecule has 0 aliphatic rings. The number of halogens is 2. The predicted octanol–water partition coefficient (Wildman–Crippen LogP) is 4.27. The number of hydrogen-bond donors (Lipinski definition) is 0. The Bertz CT molecular complexity index is 452. The van der Waals surface area contributed by atoms with Gasteiger partial charge in [-0.1, -0.05) is 18.5 Å². The predicted molar refractivity (Wildman–Crippen MR) is 61.7 cm³/mol. The topological polar surface area (TPSA) is 12.9 Å². The third-order valence-electron chi connectivity index (χ3n) is 1.96. The highest BCUT2D eigenvalue weighted by Gasteiger charge is 2.09. The van der Waals surface area contributed by atoms with Crippen LogP contribution >= 0.6 is 38.9 Å². The molecule has 68 valence electrons. The SMILES string of the molecule is CCc1cnc(Cl)c2c(Br)csc12. The number of thiophene rings is 1. The van der Waals surface area contributed by atoms with E-state index in [1.807, 2.05) is 6.20 Å². The van der Waals surface area contributed by atoms with Gasteiger partial charge in [0.25, 0.3) is 0 Å². The molecule has 0 unspecified atom stereocenters. The van der Waals surface area contributed by atoms with Crippen molar-refractivity contribution in [2.75, 3.05) is 0 Å². The summed E-state index contributed by atoms with van der Waals surface area (Å²) in [6, 6.07) is 0. The van der Waals surface area contributed by atoms with E-state index < -0.39 is 0 Å². The van der Waals surface area contributed by atoms with Gasteiger partial charge in [0.05, 0.1) is 0 Å². The van der Waals surface area contributed by atoms with Crippen molar-refractivity contribution in [1.29, 1.82) is 0 Å². The molecule has 0 aliphatic heterocycles. The second-order valence-electron chi connectivity index (χ2n) is 2.72. The Balaban J connectivity index is 2.87. The first-order valence-corrected chi connectivity index (χ1v) is 5.99. The summed E-state index contributed by atoms with van der Waals surface area (Å²) in [6.45, 7) is 2.12. The summed E-state index contributed by atoms with van der Waals surface area (Å²) in [5.74, 6) is 0. The first kappa shape index (κ1) is 9.44. The summed E-state index contributed by atoms with van der Waals surface area (Å²) < 4.78 is 2.29. The van der Waals surface area contributed by atoms with Crippen molar-refractivity contribution in [1.82, 2.24) is 4.98 Å². The quantitative estimate of drug-likeness (QED) is 0.709. The van der Waals surface area contributed by atoms with Crippen LogP contribution in [-0.2, 0) is 6.42 Å². The van der Waals surface area contributed by atoms with Gasteiger partial charge in [0.15, 0.2) is 0 Å². The van der Waals surface area contributed by atoms with Crippen molar-refractivity contribution >= 4 is 49.0 Å². The molecule has 2 rings (SSSR count). The van der Waals surface area contributed by atoms with E-state index >= 15 is 0 Å². The van der Waals surface area contributed by atoms with Crippen LogP contribution in [0.4, 0.5) is 0 Å². The number of nitrogens with zero attached hydrogens (tertiary/aromatic N) is 1. The maximum atomic E-state index is 6.00. The maximum Gasteiger partial charge on any atom is 0.138 e. The van der Waals surface area contributed by atoms with Crippen LogP contribution in [0.1, 0.15) is 12.5 Å². The number of fused-ring (bicyclic) bond motifs is 1. The summed E-state index contributed by atoms with van der Waals surface area (Å²) in [5.41, 5.74) is 1.26. The molecule has 0 spiro atoms. The Morgan fingerprint density at radius 2 is 2.38 bits per heavy atom. The van der Waals surface area contributed by atoms with Crippen molar-refractivity contribution in [2.45, 2.75) is 13.3 Å². The number of hydrogen-bond acceptors (Lipinski definition) is 2. The molecular formula is C9H7BrClNS. The molecule has 2 heterocycles. The fraction of sp³-hybridized carbons (Fsp3) is 0.222. The van der Waals surface area contributed by atoms with Crippen LogP contribution < -0.4 is 0 Å². The highest BCUT2D eigenvalue weighted by atomic mass is 79.9. The molecule has 0 N–H and O–H groups in total. The van der Waals surface area contributed by atoms with Crippen molar-refractivity contribution in [3.05, 3.63) is 26.8 Å². The van der Waals surface area contributed by atoms with Gasteiger partial charge in [0.2, 0.25) is 0 Å². The van der Waals surface area contributed by atoms with Crippen LogP contribution in [0.3, 0.4) is 0 Å². The maximum absolute atomic E-state index is 6.00. The van der Waals surface area contributed by atoms with E-state index in [0.717, 1.165) is 16.3 Å². The Morgan fingerprint density at radius 1 is 1.62 bits per heavy atom. The summed E-state index contributed by atoms with van der Waals surface area (Å²) in [4.78, 5) is 4.15. The van der Waals surface area contributed by atoms with E-state index in [0.29, 0.717) is 5.15 Å². The molecule has 0 saturated carbocycles. The standard InChI is InChI=1S/C9H7BrClNS/c1-2-5-3-12-9(11)7-6(10)4-13-8(5)7/h3-4H,2H2,1H3. The molecule has 0 atom stereocenters. The molecule has 4 heteroatoms. The largest absolute Gasteiger partial charge is 0.243 e. The summed E-state index contributed by atoms with van der Waals surface area (Å²) in [7, 11) is 0. The van der Waals surface area contributed by atoms with Crippen molar-refractivity contribution in [3.63, 3.8) is 0 Å². The first-order valence-electron chi connectivity index (χ1n) is 3.94. The number of aryl methyl sites for hydroxylation is 1. The molecule has 0 fully saturated rings. The monoisotopic (exact) mass is 275 g/mol. The molecule has 0 aromatic carbocycles. The van der Waals surface area contributed by atoms with Crippen molar-refractivity contribution < 1.29 is 0 Å². The molecule has 0 radical (unpaired) electrons. The van der Waals surface area contributed by atoms with Gasteiger partial charge in [-0.3, -0.25) is 0 Å². The van der Waals surface area contributed by atoms with Crippen LogP contribution in [0.2, 0.25) is 5.15 Å². The van der Waals surface area contributed by atoms with Crippen LogP contribution in [-0.4, -0.2) is 4.98 Å². The molecule has 2 aromatic heterocycles. The van der Waals surface area contributed by atoms with E-state index in [1.165, 1.54) is 10.3 Å². The van der Waals surface area contributed by atoms with Gasteiger partial charge in [-0.25, -0.2) is 4.98 Å². The van der Waals surface area contributed by atoms with Gasteiger partial charge in [0, 0.05) is 26.1 Å². The number of pyridine rings is 1. The van der Waals surface area contributed by atoms with E-state index in [2.05, 4.69) is 33.2 Å². The summed E-state index contributed by atoms with van der Waals surface area (Å²) >= 11 is 11.2. The van der Waals surface area contributed by atoms with Gasteiger partial charge in [0.1, 0.15) is 5.15 Å². The number of rotatable bonds is 1. The lowest BCUT2D eigenvalue weighted by atomic mass is 10.2. The van der Waals surface area contributed by atoms with Crippen LogP contribution in [0.25, 0.3) is 10.1 Å². The van der Waals surface area contributed by atoms with E-state index in [1.54, 1.807) is 11.3 Å². The van der Waals surface area contributed by atoms with Gasteiger partial charge >= 0.3 is 0 Å². The van der Waals surface area contributed by atoms with E-state index in [4.69, 9.17) is 11.6 Å². The first-order chi connectivity index (χ1) is 6.24. The molecule has 13 heavy (non-hydrogen) atoms. The second kappa shape index (κ2) is 3.56. The average Bonchev–Trinajstić information content (AvgIpc) is 2.50. The van der Waals surface area contributed by atoms with Crippen molar-refractivity contribution in [3.8, 4) is 0 Å². The van der Waals surface area contributed by atoms with Crippen molar-refractivity contribution in [2.24, 2.45) is 0 Å². The minimum absolute atomic E-state index is 0.584. The lowest BCUT2D eigenvalue weighted by molar-refractivity contribution is 1.13. The van der Waals surface area contributed by atoms with Gasteiger partial charge < -0.3 is 0 Å². The number of aromatic nitrogens is 1. The Morgan fingerprint density at radius 3 is 3.08 bits per heavy atom. The molecular weight excluding hydrogens is 270 g/mol. The van der Waals surface area contributed by atoms with Crippen LogP contribution in [0.5, 0.6) is 0 Å². The lowest BCUT2D eigenvalue weighted by Gasteiger charge is -1.99. The Hall–Kier alpha value is -0.120. The normalized spacial score (nSPS) is 11.0. The Labute approximate surface area is 93.9 Å². The molecule has 0 aliphatic carbocycles. The smallest absolute Gasteiger partial charge is 0.138 e. The van der Waals surface area contributed by atoms with Crippen LogP contribution in [0, 0.1) is 0 Å². The van der Waals surface area contributed by atoms with E-state index in [-0.39, 0.29) is 0 Å². The van der Waals surface area contributed by atoms with Gasteiger partial charge in [-0.15, -0.1) is 11.3 Å². The molecule has 2 aromatic rings. The third kappa shape index (κ3) is 1.49. The van der Waals surface area contributed by atoms with E-state index in [9.17, 15) is 0 Å². The zero-order valence-corrected chi connectivity index (χ0v) is 10.1. The third-order valence-corrected chi connectivity index (χ3v) is 4.23. The minimum atomic E-state index is 0.584. The van der Waals surface area contributed by atoms with Crippen LogP contribution in [0.15, 0.2) is 16.0 Å². The average molecular weight is 277 g/mol. The fourth-order valence-electron chi connectivity index (χ4n) is 1.28. The van der Waals surface area contributed by atoms with Gasteiger partial charge in [-0.05, 0) is 27.9 Å². The molecule has 0 amide bonds. The molecule has 0 saturated heterocycles. The van der Waals surface area contributed by atoms with Gasteiger partial charge in [-0.2, -0.15) is 0 Å². The highest BCUT2D eigenvalue weighted by molar-refractivity contribution is 9.10.